The van der Waals surface area contributed by atoms with Gasteiger partial charge in [-0.15, -0.1) is 10.2 Å². The van der Waals surface area contributed by atoms with E-state index in [4.69, 9.17) is 0 Å². The molecule has 15 heavy (non-hydrogen) atoms. The summed E-state index contributed by atoms with van der Waals surface area (Å²) in [4.78, 5) is 4.19. The topological polar surface area (TPSA) is 79.4 Å². The van der Waals surface area contributed by atoms with Crippen molar-refractivity contribution < 1.29 is 0 Å². The van der Waals surface area contributed by atoms with Crippen molar-refractivity contribution in [1.82, 2.24) is 25.6 Å². The van der Waals surface area contributed by atoms with Gasteiger partial charge in [0.1, 0.15) is 5.82 Å². The summed E-state index contributed by atoms with van der Waals surface area (Å²) >= 11 is 0. The molecule has 0 bridgehead atoms. The third-order valence-corrected chi connectivity index (χ3v) is 2.03. The minimum absolute atomic E-state index is 0.0157. The first kappa shape index (κ1) is 9.57. The van der Waals surface area contributed by atoms with Crippen molar-refractivity contribution in [1.29, 1.82) is 0 Å². The van der Waals surface area contributed by atoms with Crippen molar-refractivity contribution in [2.45, 2.75) is 19.9 Å². The predicted molar refractivity (Wildman–Crippen MR) is 55.2 cm³/mol. The SMILES string of the molecule is Cc1ccnc(NC(C)c2nn[nH]n2)c1. The Morgan fingerprint density at radius 2 is 2.33 bits per heavy atom. The molecule has 0 amide bonds. The summed E-state index contributed by atoms with van der Waals surface area (Å²) < 4.78 is 0. The third kappa shape index (κ3) is 2.28. The normalized spacial score (nSPS) is 12.4. The molecule has 0 saturated heterocycles. The van der Waals surface area contributed by atoms with Gasteiger partial charge in [-0.2, -0.15) is 5.21 Å². The van der Waals surface area contributed by atoms with Gasteiger partial charge in [-0.25, -0.2) is 4.98 Å². The smallest absolute Gasteiger partial charge is 0.196 e. The summed E-state index contributed by atoms with van der Waals surface area (Å²) in [5.74, 6) is 1.44. The molecule has 2 aromatic rings. The van der Waals surface area contributed by atoms with Crippen LogP contribution in [0.4, 0.5) is 5.82 Å². The maximum absolute atomic E-state index is 4.19. The van der Waals surface area contributed by atoms with Crippen LogP contribution >= 0.6 is 0 Å². The average Bonchev–Trinajstić information content (AvgIpc) is 2.70. The lowest BCUT2D eigenvalue weighted by Crippen LogP contribution is -2.09. The van der Waals surface area contributed by atoms with Gasteiger partial charge in [0.25, 0.3) is 0 Å². The Balaban J connectivity index is 2.09. The van der Waals surface area contributed by atoms with Crippen molar-refractivity contribution in [2.75, 3.05) is 5.32 Å². The largest absolute Gasteiger partial charge is 0.360 e. The second-order valence-corrected chi connectivity index (χ2v) is 3.35. The Morgan fingerprint density at radius 3 is 3.00 bits per heavy atom. The lowest BCUT2D eigenvalue weighted by atomic mass is 10.2. The van der Waals surface area contributed by atoms with Crippen LogP contribution in [0.15, 0.2) is 18.3 Å². The molecule has 2 rings (SSSR count). The van der Waals surface area contributed by atoms with Crippen LogP contribution in [0.25, 0.3) is 0 Å². The number of nitrogens with one attached hydrogen (secondary N) is 2. The van der Waals surface area contributed by atoms with Gasteiger partial charge in [0.05, 0.1) is 6.04 Å². The monoisotopic (exact) mass is 204 g/mol. The molecule has 0 aromatic carbocycles. The Kier molecular flexibility index (Phi) is 2.57. The molecular weight excluding hydrogens is 192 g/mol. The highest BCUT2D eigenvalue weighted by atomic mass is 15.5. The molecule has 0 spiro atoms. The number of rotatable bonds is 3. The van der Waals surface area contributed by atoms with E-state index in [9.17, 15) is 0 Å². The van der Waals surface area contributed by atoms with E-state index in [2.05, 4.69) is 30.9 Å². The standard InChI is InChI=1S/C9H12N6/c1-6-3-4-10-8(5-6)11-7(2)9-12-14-15-13-9/h3-5,7H,1-2H3,(H,10,11)(H,12,13,14,15). The number of anilines is 1. The van der Waals surface area contributed by atoms with E-state index >= 15 is 0 Å². The highest BCUT2D eigenvalue weighted by Crippen LogP contribution is 2.13. The summed E-state index contributed by atoms with van der Waals surface area (Å²) in [7, 11) is 0. The number of nitrogens with zero attached hydrogens (tertiary/aromatic N) is 4. The van der Waals surface area contributed by atoms with Crippen molar-refractivity contribution in [2.24, 2.45) is 0 Å². The van der Waals surface area contributed by atoms with Crippen LogP contribution in [0, 0.1) is 6.92 Å². The average molecular weight is 204 g/mol. The van der Waals surface area contributed by atoms with E-state index in [1.54, 1.807) is 6.20 Å². The van der Waals surface area contributed by atoms with Crippen LogP contribution < -0.4 is 5.32 Å². The number of tetrazole rings is 1. The molecule has 0 aliphatic rings. The van der Waals surface area contributed by atoms with Gasteiger partial charge >= 0.3 is 0 Å². The minimum atomic E-state index is -0.0157. The first-order valence-corrected chi connectivity index (χ1v) is 4.68. The zero-order valence-electron chi connectivity index (χ0n) is 8.60. The third-order valence-electron chi connectivity index (χ3n) is 2.03. The van der Waals surface area contributed by atoms with Gasteiger partial charge in [-0.3, -0.25) is 0 Å². The minimum Gasteiger partial charge on any atom is -0.360 e. The molecule has 2 N–H and O–H groups in total. The van der Waals surface area contributed by atoms with Crippen molar-refractivity contribution in [3.05, 3.63) is 29.7 Å². The summed E-state index contributed by atoms with van der Waals surface area (Å²) in [5.41, 5.74) is 1.16. The Morgan fingerprint density at radius 1 is 1.47 bits per heavy atom. The van der Waals surface area contributed by atoms with Crippen LogP contribution in [0.2, 0.25) is 0 Å². The molecule has 6 heteroatoms. The number of aromatic nitrogens is 5. The van der Waals surface area contributed by atoms with Gasteiger partial charge in [-0.1, -0.05) is 5.21 Å². The fraction of sp³-hybridized carbons (Fsp3) is 0.333. The van der Waals surface area contributed by atoms with Gasteiger partial charge in [0.2, 0.25) is 0 Å². The highest BCUT2D eigenvalue weighted by molar-refractivity contribution is 5.38. The van der Waals surface area contributed by atoms with Crippen molar-refractivity contribution in [3.8, 4) is 0 Å². The number of aromatic amines is 1. The van der Waals surface area contributed by atoms with Crippen LogP contribution in [0.1, 0.15) is 24.4 Å². The quantitative estimate of drug-likeness (QED) is 0.782. The lowest BCUT2D eigenvalue weighted by molar-refractivity contribution is 0.788. The Hall–Kier alpha value is -1.98. The maximum Gasteiger partial charge on any atom is 0.196 e. The van der Waals surface area contributed by atoms with Gasteiger partial charge < -0.3 is 5.32 Å². The zero-order chi connectivity index (χ0) is 10.7. The van der Waals surface area contributed by atoms with E-state index in [-0.39, 0.29) is 6.04 Å². The second kappa shape index (κ2) is 4.04. The summed E-state index contributed by atoms with van der Waals surface area (Å²) in [6, 6.07) is 3.90. The summed E-state index contributed by atoms with van der Waals surface area (Å²) in [5, 5.41) is 16.9. The Bertz CT molecular complexity index is 424. The zero-order valence-corrected chi connectivity index (χ0v) is 8.60. The molecule has 2 aromatic heterocycles. The van der Waals surface area contributed by atoms with Gasteiger partial charge in [0.15, 0.2) is 5.82 Å². The van der Waals surface area contributed by atoms with E-state index in [1.807, 2.05) is 26.0 Å². The van der Waals surface area contributed by atoms with Crippen LogP contribution in [-0.4, -0.2) is 25.6 Å². The molecule has 0 fully saturated rings. The molecular formula is C9H12N6. The van der Waals surface area contributed by atoms with Crippen LogP contribution in [-0.2, 0) is 0 Å². The van der Waals surface area contributed by atoms with Gasteiger partial charge in [-0.05, 0) is 31.5 Å². The molecule has 0 aliphatic carbocycles. The van der Waals surface area contributed by atoms with Crippen molar-refractivity contribution in [3.63, 3.8) is 0 Å². The number of H-pyrrole nitrogens is 1. The molecule has 0 radical (unpaired) electrons. The van der Waals surface area contributed by atoms with Crippen LogP contribution in [0.3, 0.4) is 0 Å². The molecule has 1 unspecified atom stereocenters. The maximum atomic E-state index is 4.19. The molecule has 1 atom stereocenters. The lowest BCUT2D eigenvalue weighted by Gasteiger charge is -2.10. The van der Waals surface area contributed by atoms with E-state index in [1.165, 1.54) is 0 Å². The van der Waals surface area contributed by atoms with E-state index in [0.29, 0.717) is 5.82 Å². The molecule has 6 nitrogen and oxygen atoms in total. The first-order valence-electron chi connectivity index (χ1n) is 4.68. The number of hydrogen-bond donors (Lipinski definition) is 2. The number of pyridine rings is 1. The molecule has 2 heterocycles. The number of hydrogen-bond acceptors (Lipinski definition) is 5. The number of aryl methyl sites for hydroxylation is 1. The summed E-state index contributed by atoms with van der Waals surface area (Å²) in [6.45, 7) is 3.97. The summed E-state index contributed by atoms with van der Waals surface area (Å²) in [6.07, 6.45) is 1.76. The highest BCUT2D eigenvalue weighted by Gasteiger charge is 2.09. The molecule has 0 saturated carbocycles. The molecule has 0 aliphatic heterocycles. The van der Waals surface area contributed by atoms with Crippen molar-refractivity contribution >= 4 is 5.82 Å². The fourth-order valence-electron chi connectivity index (χ4n) is 1.25. The second-order valence-electron chi connectivity index (χ2n) is 3.35. The fourth-order valence-corrected chi connectivity index (χ4v) is 1.25. The molecule has 78 valence electrons. The van der Waals surface area contributed by atoms with Crippen LogP contribution in [0.5, 0.6) is 0 Å². The van der Waals surface area contributed by atoms with E-state index < -0.39 is 0 Å². The van der Waals surface area contributed by atoms with E-state index in [0.717, 1.165) is 11.4 Å². The predicted octanol–water partition coefficient (Wildman–Crippen LogP) is 1.08. The first-order chi connectivity index (χ1) is 7.25. The Labute approximate surface area is 87.1 Å². The van der Waals surface area contributed by atoms with Gasteiger partial charge in [0, 0.05) is 6.20 Å².